The SMILES string of the molecule is Cc1ccc(C)c(C(=O)CN2C(=O)CC(C)C2=O)c1. The highest BCUT2D eigenvalue weighted by Gasteiger charge is 2.36. The quantitative estimate of drug-likeness (QED) is 0.615. The number of hydrogen-bond donors (Lipinski definition) is 0. The molecule has 100 valence electrons. The summed E-state index contributed by atoms with van der Waals surface area (Å²) in [6.45, 7) is 5.32. The molecule has 0 bridgehead atoms. The number of hydrogen-bond acceptors (Lipinski definition) is 3. The average Bonchev–Trinajstić information content (AvgIpc) is 2.59. The molecule has 0 spiro atoms. The summed E-state index contributed by atoms with van der Waals surface area (Å²) >= 11 is 0. The molecule has 0 radical (unpaired) electrons. The number of Topliss-reactive ketones (excluding diaryl/α,β-unsaturated/α-hetero) is 1. The van der Waals surface area contributed by atoms with Crippen molar-refractivity contribution in [3.8, 4) is 0 Å². The van der Waals surface area contributed by atoms with Gasteiger partial charge in [-0.1, -0.05) is 24.6 Å². The zero-order valence-corrected chi connectivity index (χ0v) is 11.4. The Morgan fingerprint density at radius 1 is 1.32 bits per heavy atom. The molecule has 1 aliphatic rings. The minimum Gasteiger partial charge on any atom is -0.292 e. The van der Waals surface area contributed by atoms with E-state index in [1.54, 1.807) is 13.0 Å². The Hall–Kier alpha value is -1.97. The van der Waals surface area contributed by atoms with Crippen LogP contribution in [-0.4, -0.2) is 29.0 Å². The monoisotopic (exact) mass is 259 g/mol. The first-order valence-electron chi connectivity index (χ1n) is 6.35. The molecule has 2 rings (SSSR count). The molecule has 0 aliphatic carbocycles. The maximum Gasteiger partial charge on any atom is 0.232 e. The third kappa shape index (κ3) is 2.57. The van der Waals surface area contributed by atoms with Crippen LogP contribution >= 0.6 is 0 Å². The number of nitrogens with zero attached hydrogens (tertiary/aromatic N) is 1. The molecule has 0 saturated carbocycles. The summed E-state index contributed by atoms with van der Waals surface area (Å²) in [7, 11) is 0. The fourth-order valence-electron chi connectivity index (χ4n) is 2.28. The Balaban J connectivity index is 2.20. The number of rotatable bonds is 3. The lowest BCUT2D eigenvalue weighted by molar-refractivity contribution is -0.138. The minimum atomic E-state index is -0.307. The van der Waals surface area contributed by atoms with E-state index in [0.717, 1.165) is 16.0 Å². The van der Waals surface area contributed by atoms with E-state index in [9.17, 15) is 14.4 Å². The van der Waals surface area contributed by atoms with Crippen LogP contribution in [-0.2, 0) is 9.59 Å². The molecule has 1 aromatic carbocycles. The van der Waals surface area contributed by atoms with Gasteiger partial charge in [0, 0.05) is 17.9 Å². The summed E-state index contributed by atoms with van der Waals surface area (Å²) in [6.07, 6.45) is 0.207. The van der Waals surface area contributed by atoms with Gasteiger partial charge in [0.15, 0.2) is 5.78 Å². The number of amides is 2. The van der Waals surface area contributed by atoms with Crippen molar-refractivity contribution in [1.82, 2.24) is 4.90 Å². The first-order chi connectivity index (χ1) is 8.90. The first kappa shape index (κ1) is 13.5. The Bertz CT molecular complexity index is 563. The highest BCUT2D eigenvalue weighted by molar-refractivity contribution is 6.09. The predicted molar refractivity (Wildman–Crippen MR) is 70.7 cm³/mol. The summed E-state index contributed by atoms with van der Waals surface area (Å²) in [5, 5.41) is 0. The molecule has 1 unspecified atom stereocenters. The standard InChI is InChI=1S/C15H17NO3/c1-9-4-5-10(2)12(6-9)13(17)8-16-14(18)7-11(3)15(16)19/h4-6,11H,7-8H2,1-3H3. The molecule has 4 nitrogen and oxygen atoms in total. The predicted octanol–water partition coefficient (Wildman–Crippen LogP) is 1.88. The molecule has 1 aliphatic heterocycles. The fraction of sp³-hybridized carbons (Fsp3) is 0.400. The summed E-state index contributed by atoms with van der Waals surface area (Å²) in [4.78, 5) is 36.8. The van der Waals surface area contributed by atoms with Gasteiger partial charge in [0.1, 0.15) is 0 Å². The van der Waals surface area contributed by atoms with E-state index in [2.05, 4.69) is 0 Å². The lowest BCUT2D eigenvalue weighted by Gasteiger charge is -2.14. The van der Waals surface area contributed by atoms with Crippen LogP contribution in [0.15, 0.2) is 18.2 Å². The third-order valence-electron chi connectivity index (χ3n) is 3.46. The van der Waals surface area contributed by atoms with Crippen molar-refractivity contribution in [2.24, 2.45) is 5.92 Å². The van der Waals surface area contributed by atoms with Gasteiger partial charge >= 0.3 is 0 Å². The molecule has 1 saturated heterocycles. The average molecular weight is 259 g/mol. The topological polar surface area (TPSA) is 54.5 Å². The molecular formula is C15H17NO3. The summed E-state index contributed by atoms with van der Waals surface area (Å²) in [5.41, 5.74) is 2.43. The van der Waals surface area contributed by atoms with Gasteiger partial charge in [0.25, 0.3) is 0 Å². The van der Waals surface area contributed by atoms with Crippen molar-refractivity contribution in [2.75, 3.05) is 6.54 Å². The Labute approximate surface area is 112 Å². The number of benzene rings is 1. The second-order valence-electron chi connectivity index (χ2n) is 5.16. The Kier molecular flexibility index (Phi) is 3.51. The van der Waals surface area contributed by atoms with E-state index >= 15 is 0 Å². The van der Waals surface area contributed by atoms with Gasteiger partial charge in [-0.2, -0.15) is 0 Å². The van der Waals surface area contributed by atoms with E-state index < -0.39 is 0 Å². The van der Waals surface area contributed by atoms with Crippen LogP contribution in [0.25, 0.3) is 0 Å². The lowest BCUT2D eigenvalue weighted by atomic mass is 10.0. The smallest absolute Gasteiger partial charge is 0.232 e. The second kappa shape index (κ2) is 4.96. The third-order valence-corrected chi connectivity index (χ3v) is 3.46. The normalized spacial score (nSPS) is 19.1. The van der Waals surface area contributed by atoms with Crippen LogP contribution < -0.4 is 0 Å². The molecule has 1 heterocycles. The van der Waals surface area contributed by atoms with Gasteiger partial charge in [0.05, 0.1) is 6.54 Å². The number of ketones is 1. The van der Waals surface area contributed by atoms with Crippen LogP contribution in [0.5, 0.6) is 0 Å². The van der Waals surface area contributed by atoms with Crippen molar-refractivity contribution in [3.63, 3.8) is 0 Å². The molecule has 0 aromatic heterocycles. The first-order valence-corrected chi connectivity index (χ1v) is 6.35. The fourth-order valence-corrected chi connectivity index (χ4v) is 2.28. The van der Waals surface area contributed by atoms with Crippen LogP contribution in [0.4, 0.5) is 0 Å². The van der Waals surface area contributed by atoms with Crippen LogP contribution in [0.3, 0.4) is 0 Å². The Morgan fingerprint density at radius 3 is 2.58 bits per heavy atom. The van der Waals surface area contributed by atoms with Crippen LogP contribution in [0.2, 0.25) is 0 Å². The summed E-state index contributed by atoms with van der Waals surface area (Å²) in [5.74, 6) is -0.990. The van der Waals surface area contributed by atoms with E-state index in [-0.39, 0.29) is 36.5 Å². The van der Waals surface area contributed by atoms with E-state index in [1.807, 2.05) is 26.0 Å². The van der Waals surface area contributed by atoms with Crippen molar-refractivity contribution in [2.45, 2.75) is 27.2 Å². The number of aryl methyl sites for hydroxylation is 2. The molecule has 0 N–H and O–H groups in total. The maximum atomic E-state index is 12.2. The van der Waals surface area contributed by atoms with Crippen molar-refractivity contribution >= 4 is 17.6 Å². The van der Waals surface area contributed by atoms with Gasteiger partial charge in [-0.15, -0.1) is 0 Å². The molecule has 19 heavy (non-hydrogen) atoms. The van der Waals surface area contributed by atoms with Crippen molar-refractivity contribution in [3.05, 3.63) is 34.9 Å². The number of carbonyl (C=O) groups is 3. The highest BCUT2D eigenvalue weighted by Crippen LogP contribution is 2.20. The van der Waals surface area contributed by atoms with Gasteiger partial charge in [0.2, 0.25) is 11.8 Å². The minimum absolute atomic E-state index is 0.147. The van der Waals surface area contributed by atoms with Crippen molar-refractivity contribution < 1.29 is 14.4 Å². The summed E-state index contributed by atoms with van der Waals surface area (Å²) < 4.78 is 0. The van der Waals surface area contributed by atoms with E-state index in [1.165, 1.54) is 0 Å². The largest absolute Gasteiger partial charge is 0.292 e. The van der Waals surface area contributed by atoms with Crippen LogP contribution in [0.1, 0.15) is 34.8 Å². The zero-order valence-electron chi connectivity index (χ0n) is 11.4. The molecule has 2 amide bonds. The van der Waals surface area contributed by atoms with Crippen LogP contribution in [0, 0.1) is 19.8 Å². The maximum absolute atomic E-state index is 12.2. The van der Waals surface area contributed by atoms with E-state index in [0.29, 0.717) is 5.56 Å². The zero-order chi connectivity index (χ0) is 14.2. The molecule has 4 heteroatoms. The van der Waals surface area contributed by atoms with Gasteiger partial charge in [-0.05, 0) is 25.5 Å². The van der Waals surface area contributed by atoms with Crippen molar-refractivity contribution in [1.29, 1.82) is 0 Å². The van der Waals surface area contributed by atoms with Gasteiger partial charge < -0.3 is 0 Å². The van der Waals surface area contributed by atoms with Gasteiger partial charge in [-0.3, -0.25) is 19.3 Å². The highest BCUT2D eigenvalue weighted by atomic mass is 16.2. The number of likely N-dealkylation sites (tertiary alicyclic amines) is 1. The number of imide groups is 1. The Morgan fingerprint density at radius 2 is 2.00 bits per heavy atom. The van der Waals surface area contributed by atoms with E-state index in [4.69, 9.17) is 0 Å². The summed E-state index contributed by atoms with van der Waals surface area (Å²) in [6, 6.07) is 5.60. The molecular weight excluding hydrogens is 242 g/mol. The second-order valence-corrected chi connectivity index (χ2v) is 5.16. The molecule has 1 aromatic rings. The molecule has 1 fully saturated rings. The molecule has 1 atom stereocenters. The number of carbonyl (C=O) groups excluding carboxylic acids is 3. The van der Waals surface area contributed by atoms with Gasteiger partial charge in [-0.25, -0.2) is 0 Å². The lowest BCUT2D eigenvalue weighted by Crippen LogP contribution is -2.35.